The van der Waals surface area contributed by atoms with Crippen molar-refractivity contribution in [2.24, 2.45) is 0 Å². The number of ether oxygens (including phenoxy) is 1. The molecule has 31 heavy (non-hydrogen) atoms. The Balaban J connectivity index is 1.66. The largest absolute Gasteiger partial charge is 0.483 e. The van der Waals surface area contributed by atoms with Crippen LogP contribution in [0.5, 0.6) is 5.75 Å². The molecule has 1 aliphatic carbocycles. The molecule has 0 spiro atoms. The van der Waals surface area contributed by atoms with Crippen molar-refractivity contribution >= 4 is 26.7 Å². The molecule has 0 aliphatic heterocycles. The zero-order valence-electron chi connectivity index (χ0n) is 16.9. The molecule has 1 heterocycles. The minimum Gasteiger partial charge on any atom is -0.483 e. The van der Waals surface area contributed by atoms with Gasteiger partial charge >= 0.3 is 0 Å². The third-order valence-electron chi connectivity index (χ3n) is 6.10. The molecule has 164 valence electrons. The molecule has 4 rings (SSSR count). The molecular formula is C21H21F2N3O3S2. The molecule has 0 bridgehead atoms. The van der Waals surface area contributed by atoms with E-state index in [0.717, 1.165) is 42.3 Å². The van der Waals surface area contributed by atoms with Crippen molar-refractivity contribution < 1.29 is 21.9 Å². The van der Waals surface area contributed by atoms with Crippen LogP contribution in [0.2, 0.25) is 0 Å². The fraction of sp³-hybridized carbons (Fsp3) is 0.333. The maximum atomic E-state index is 14.9. The molecule has 1 saturated carbocycles. The molecule has 2 aromatic carbocycles. The van der Waals surface area contributed by atoms with Gasteiger partial charge in [-0.15, -0.1) is 0 Å². The lowest BCUT2D eigenvalue weighted by Crippen LogP contribution is -2.47. The van der Waals surface area contributed by atoms with Crippen molar-refractivity contribution in [3.8, 4) is 5.75 Å². The van der Waals surface area contributed by atoms with E-state index >= 15 is 0 Å². The molecule has 2 atom stereocenters. The van der Waals surface area contributed by atoms with Crippen LogP contribution in [0.1, 0.15) is 38.7 Å². The van der Waals surface area contributed by atoms with Gasteiger partial charge in [0.05, 0.1) is 0 Å². The summed E-state index contributed by atoms with van der Waals surface area (Å²) in [6, 6.07) is 11.2. The van der Waals surface area contributed by atoms with Crippen LogP contribution < -0.4 is 9.46 Å². The number of sulfonamides is 1. The average molecular weight is 466 g/mol. The van der Waals surface area contributed by atoms with Gasteiger partial charge in [0.25, 0.3) is 10.0 Å². The molecule has 3 aromatic rings. The van der Waals surface area contributed by atoms with Gasteiger partial charge in [-0.3, -0.25) is 4.72 Å². The Morgan fingerprint density at radius 1 is 1.10 bits per heavy atom. The maximum absolute atomic E-state index is 14.9. The summed E-state index contributed by atoms with van der Waals surface area (Å²) >= 11 is 0.784. The molecule has 0 amide bonds. The smallest absolute Gasteiger partial charge is 0.266 e. The summed E-state index contributed by atoms with van der Waals surface area (Å²) in [5.74, 6) is -2.39. The van der Waals surface area contributed by atoms with Crippen molar-refractivity contribution in [3.63, 3.8) is 0 Å². The predicted octanol–water partition coefficient (Wildman–Crippen LogP) is 4.90. The molecule has 1 aromatic heterocycles. The van der Waals surface area contributed by atoms with Crippen LogP contribution in [0.25, 0.3) is 0 Å². The lowest BCUT2D eigenvalue weighted by atomic mass is 9.71. The SMILES string of the molecule is C[C@@]1(Oc2cc(F)c(S(=O)(=O)Nc3ncns3)cc2F)CCC[C@@]1(C)c1ccccc1. The van der Waals surface area contributed by atoms with Crippen molar-refractivity contribution in [1.29, 1.82) is 0 Å². The van der Waals surface area contributed by atoms with E-state index in [2.05, 4.69) is 21.0 Å². The molecule has 1 aliphatic rings. The van der Waals surface area contributed by atoms with Crippen LogP contribution in [0.15, 0.2) is 53.7 Å². The Morgan fingerprint density at radius 2 is 1.84 bits per heavy atom. The monoisotopic (exact) mass is 465 g/mol. The van der Waals surface area contributed by atoms with E-state index in [4.69, 9.17) is 4.74 Å². The molecule has 1 N–H and O–H groups in total. The molecule has 1 fully saturated rings. The first-order valence-electron chi connectivity index (χ1n) is 9.68. The molecule has 0 radical (unpaired) electrons. The summed E-state index contributed by atoms with van der Waals surface area (Å²) < 4.78 is 66.4. The maximum Gasteiger partial charge on any atom is 0.266 e. The number of aromatic nitrogens is 2. The van der Waals surface area contributed by atoms with Crippen LogP contribution in [-0.4, -0.2) is 23.4 Å². The molecule has 0 saturated heterocycles. The fourth-order valence-corrected chi connectivity index (χ4v) is 5.90. The van der Waals surface area contributed by atoms with Gasteiger partial charge in [0.1, 0.15) is 22.6 Å². The standard InChI is InChI=1S/C21H21F2N3O3S2/c1-20(14-7-4-3-5-8-14)9-6-10-21(20,2)29-17-11-16(23)18(12-15(17)22)31(27,28)26-19-24-13-25-30-19/h3-5,7-8,11-13H,6,9-10H2,1-2H3,(H,24,25,26)/t20-,21+/m0/s1. The Bertz CT molecular complexity index is 1190. The summed E-state index contributed by atoms with van der Waals surface area (Å²) in [6.07, 6.45) is 3.50. The van der Waals surface area contributed by atoms with Crippen molar-refractivity contribution in [1.82, 2.24) is 9.36 Å². The van der Waals surface area contributed by atoms with Crippen molar-refractivity contribution in [3.05, 3.63) is 66.0 Å². The van der Waals surface area contributed by atoms with Crippen LogP contribution in [0, 0.1) is 11.6 Å². The summed E-state index contributed by atoms with van der Waals surface area (Å²) in [5, 5.41) is -0.0442. The van der Waals surface area contributed by atoms with Gasteiger partial charge in [-0.05, 0) is 31.7 Å². The van der Waals surface area contributed by atoms with Crippen LogP contribution in [0.4, 0.5) is 13.9 Å². The first-order chi connectivity index (χ1) is 14.6. The number of nitrogens with zero attached hydrogens (tertiary/aromatic N) is 2. The average Bonchev–Trinajstić information content (AvgIpc) is 3.33. The molecule has 10 heteroatoms. The highest BCUT2D eigenvalue weighted by molar-refractivity contribution is 7.93. The van der Waals surface area contributed by atoms with E-state index in [1.807, 2.05) is 37.3 Å². The van der Waals surface area contributed by atoms with E-state index < -0.39 is 37.6 Å². The van der Waals surface area contributed by atoms with E-state index in [-0.39, 0.29) is 10.9 Å². The normalized spacial score (nSPS) is 23.6. The Morgan fingerprint density at radius 3 is 2.52 bits per heavy atom. The zero-order chi connectivity index (χ0) is 22.3. The highest BCUT2D eigenvalue weighted by Crippen LogP contribution is 2.50. The van der Waals surface area contributed by atoms with Gasteiger partial charge in [0, 0.05) is 29.1 Å². The van der Waals surface area contributed by atoms with Gasteiger partial charge in [0.2, 0.25) is 5.13 Å². The van der Waals surface area contributed by atoms with E-state index in [9.17, 15) is 17.2 Å². The number of hydrogen-bond acceptors (Lipinski definition) is 6. The van der Waals surface area contributed by atoms with E-state index in [0.29, 0.717) is 12.5 Å². The lowest BCUT2D eigenvalue weighted by Gasteiger charge is -2.42. The molecule has 0 unspecified atom stereocenters. The first kappa shape index (κ1) is 21.6. The van der Waals surface area contributed by atoms with Crippen LogP contribution in [0.3, 0.4) is 0 Å². The van der Waals surface area contributed by atoms with Crippen molar-refractivity contribution in [2.45, 2.75) is 49.0 Å². The van der Waals surface area contributed by atoms with Crippen molar-refractivity contribution in [2.75, 3.05) is 4.72 Å². The topological polar surface area (TPSA) is 81.2 Å². The fourth-order valence-electron chi connectivity index (χ4n) is 4.16. The second kappa shape index (κ2) is 7.83. The number of nitrogens with one attached hydrogen (secondary N) is 1. The van der Waals surface area contributed by atoms with Crippen LogP contribution in [-0.2, 0) is 15.4 Å². The number of anilines is 1. The third kappa shape index (κ3) is 3.89. The van der Waals surface area contributed by atoms with Crippen LogP contribution >= 0.6 is 11.5 Å². The van der Waals surface area contributed by atoms with E-state index in [1.54, 1.807) is 0 Å². The Labute approximate surface area is 183 Å². The van der Waals surface area contributed by atoms with Gasteiger partial charge in [-0.25, -0.2) is 22.2 Å². The Kier molecular flexibility index (Phi) is 5.47. The quantitative estimate of drug-likeness (QED) is 0.560. The lowest BCUT2D eigenvalue weighted by molar-refractivity contribution is 0.0291. The highest BCUT2D eigenvalue weighted by atomic mass is 32.2. The third-order valence-corrected chi connectivity index (χ3v) is 8.17. The molecule has 6 nitrogen and oxygen atoms in total. The number of rotatable bonds is 6. The zero-order valence-corrected chi connectivity index (χ0v) is 18.6. The summed E-state index contributed by atoms with van der Waals surface area (Å²) in [6.45, 7) is 3.93. The second-order valence-corrected chi connectivity index (χ2v) is 10.4. The minimum atomic E-state index is -4.37. The van der Waals surface area contributed by atoms with Gasteiger partial charge < -0.3 is 4.74 Å². The van der Waals surface area contributed by atoms with Gasteiger partial charge in [-0.1, -0.05) is 37.3 Å². The second-order valence-electron chi connectivity index (χ2n) is 7.95. The minimum absolute atomic E-state index is 0.0442. The number of halogens is 2. The summed E-state index contributed by atoms with van der Waals surface area (Å²) in [4.78, 5) is 2.87. The first-order valence-corrected chi connectivity index (χ1v) is 11.9. The number of hydrogen-bond donors (Lipinski definition) is 1. The molecular weight excluding hydrogens is 444 g/mol. The predicted molar refractivity (Wildman–Crippen MR) is 114 cm³/mol. The summed E-state index contributed by atoms with van der Waals surface area (Å²) in [7, 11) is -4.37. The Hall–Kier alpha value is -2.59. The highest BCUT2D eigenvalue weighted by Gasteiger charge is 2.52. The summed E-state index contributed by atoms with van der Waals surface area (Å²) in [5.41, 5.74) is -0.162. The van der Waals surface area contributed by atoms with Gasteiger partial charge in [-0.2, -0.15) is 4.37 Å². The van der Waals surface area contributed by atoms with E-state index in [1.165, 1.54) is 0 Å². The van der Waals surface area contributed by atoms with Gasteiger partial charge in [0.15, 0.2) is 11.6 Å². The number of benzene rings is 2.